The van der Waals surface area contributed by atoms with Crippen molar-refractivity contribution in [2.24, 2.45) is 0 Å². The van der Waals surface area contributed by atoms with Crippen LogP contribution in [0.15, 0.2) is 61.2 Å². The van der Waals surface area contributed by atoms with E-state index in [1.807, 2.05) is 18.7 Å². The Hall–Kier alpha value is -2.53. The topological polar surface area (TPSA) is 46.8 Å². The van der Waals surface area contributed by atoms with Crippen molar-refractivity contribution >= 4 is 0 Å². The third-order valence-electron chi connectivity index (χ3n) is 4.87. The minimum Gasteiger partial charge on any atom is -0.313 e. The third kappa shape index (κ3) is 3.94. The Morgan fingerprint density at radius 2 is 1.76 bits per heavy atom. The molecule has 0 aliphatic carbocycles. The van der Waals surface area contributed by atoms with Gasteiger partial charge in [0.1, 0.15) is 12.2 Å². The fourth-order valence-corrected chi connectivity index (χ4v) is 3.64. The van der Waals surface area contributed by atoms with Gasteiger partial charge in [0.2, 0.25) is 0 Å². The second kappa shape index (κ2) is 7.57. The highest BCUT2D eigenvalue weighted by atomic mass is 15.3. The highest BCUT2D eigenvalue weighted by Gasteiger charge is 2.25. The summed E-state index contributed by atoms with van der Waals surface area (Å²) in [6.07, 6.45) is 7.99. The molecule has 0 bridgehead atoms. The smallest absolute Gasteiger partial charge is 0.137 e. The predicted octanol–water partition coefficient (Wildman–Crippen LogP) is 3.10. The zero-order chi connectivity index (χ0) is 16.9. The highest BCUT2D eigenvalue weighted by molar-refractivity contribution is 5.16. The van der Waals surface area contributed by atoms with Gasteiger partial charge in [0.05, 0.1) is 6.54 Å². The number of rotatable bonds is 5. The van der Waals surface area contributed by atoms with Crippen LogP contribution in [0.4, 0.5) is 0 Å². The molecule has 128 valence electrons. The van der Waals surface area contributed by atoms with Crippen molar-refractivity contribution in [2.75, 3.05) is 13.1 Å². The van der Waals surface area contributed by atoms with E-state index in [1.54, 1.807) is 0 Å². The minimum absolute atomic E-state index is 0.446. The standard InChI is InChI=1S/C20H23N5/c1-2-5-17(6-3-1)14-25-16-22-23-20(25)19-7-4-12-24(15-19)13-18-8-10-21-11-9-18/h1-3,5-6,8-11,16,19H,4,7,12-15H2/t19-/m0/s1. The van der Waals surface area contributed by atoms with Crippen LogP contribution in [0.5, 0.6) is 0 Å². The maximum atomic E-state index is 4.45. The number of nitrogens with zero attached hydrogens (tertiary/aromatic N) is 5. The number of hydrogen-bond acceptors (Lipinski definition) is 4. The fraction of sp³-hybridized carbons (Fsp3) is 0.350. The van der Waals surface area contributed by atoms with Gasteiger partial charge < -0.3 is 4.57 Å². The van der Waals surface area contributed by atoms with Gasteiger partial charge in [-0.25, -0.2) is 0 Å². The minimum atomic E-state index is 0.446. The molecule has 1 saturated heterocycles. The summed E-state index contributed by atoms with van der Waals surface area (Å²) in [4.78, 5) is 6.62. The molecular weight excluding hydrogens is 310 g/mol. The predicted molar refractivity (Wildman–Crippen MR) is 97.1 cm³/mol. The lowest BCUT2D eigenvalue weighted by Crippen LogP contribution is -2.35. The first-order chi connectivity index (χ1) is 12.4. The Morgan fingerprint density at radius 3 is 2.60 bits per heavy atom. The van der Waals surface area contributed by atoms with Gasteiger partial charge in [-0.05, 0) is 42.6 Å². The van der Waals surface area contributed by atoms with Gasteiger partial charge in [0.15, 0.2) is 0 Å². The average Bonchev–Trinajstić information content (AvgIpc) is 3.12. The molecule has 3 heterocycles. The van der Waals surface area contributed by atoms with E-state index in [9.17, 15) is 0 Å². The quantitative estimate of drug-likeness (QED) is 0.720. The largest absolute Gasteiger partial charge is 0.313 e. The summed E-state index contributed by atoms with van der Waals surface area (Å²) in [5.74, 6) is 1.56. The normalized spacial score (nSPS) is 18.3. The van der Waals surface area contributed by atoms with Crippen molar-refractivity contribution in [1.82, 2.24) is 24.6 Å². The Balaban J connectivity index is 1.46. The fourth-order valence-electron chi connectivity index (χ4n) is 3.64. The van der Waals surface area contributed by atoms with Crippen molar-refractivity contribution in [3.63, 3.8) is 0 Å². The molecule has 4 rings (SSSR count). The van der Waals surface area contributed by atoms with E-state index in [-0.39, 0.29) is 0 Å². The molecule has 1 aliphatic rings. The van der Waals surface area contributed by atoms with Crippen molar-refractivity contribution in [1.29, 1.82) is 0 Å². The maximum absolute atomic E-state index is 4.45. The summed E-state index contributed by atoms with van der Waals surface area (Å²) in [7, 11) is 0. The molecule has 1 aromatic carbocycles. The molecule has 2 aromatic heterocycles. The first kappa shape index (κ1) is 16.0. The van der Waals surface area contributed by atoms with Crippen LogP contribution < -0.4 is 0 Å². The molecule has 0 radical (unpaired) electrons. The lowest BCUT2D eigenvalue weighted by atomic mass is 9.96. The summed E-state index contributed by atoms with van der Waals surface area (Å²) in [6, 6.07) is 14.7. The lowest BCUT2D eigenvalue weighted by Gasteiger charge is -2.32. The van der Waals surface area contributed by atoms with Crippen molar-refractivity contribution in [2.45, 2.75) is 31.8 Å². The molecule has 1 fully saturated rings. The van der Waals surface area contributed by atoms with Crippen LogP contribution in [0.3, 0.4) is 0 Å². The van der Waals surface area contributed by atoms with Crippen LogP contribution in [0.1, 0.15) is 35.7 Å². The average molecular weight is 333 g/mol. The zero-order valence-corrected chi connectivity index (χ0v) is 14.3. The number of benzene rings is 1. The van der Waals surface area contributed by atoms with Gasteiger partial charge in [-0.15, -0.1) is 10.2 Å². The third-order valence-corrected chi connectivity index (χ3v) is 4.87. The van der Waals surface area contributed by atoms with E-state index >= 15 is 0 Å². The van der Waals surface area contributed by atoms with Crippen LogP contribution in [0.25, 0.3) is 0 Å². The van der Waals surface area contributed by atoms with Crippen LogP contribution in [0, 0.1) is 0 Å². The molecule has 25 heavy (non-hydrogen) atoms. The molecule has 0 unspecified atom stereocenters. The summed E-state index contributed by atoms with van der Waals surface area (Å²) < 4.78 is 2.20. The van der Waals surface area contributed by atoms with E-state index in [2.05, 4.69) is 67.1 Å². The molecule has 3 aromatic rings. The SMILES string of the molecule is c1ccc(Cn2cnnc2[C@H]2CCCN(Cc3ccncc3)C2)cc1. The van der Waals surface area contributed by atoms with Crippen molar-refractivity contribution in [3.05, 3.63) is 78.1 Å². The molecule has 1 aliphatic heterocycles. The van der Waals surface area contributed by atoms with Crippen molar-refractivity contribution < 1.29 is 0 Å². The van der Waals surface area contributed by atoms with Crippen LogP contribution >= 0.6 is 0 Å². The van der Waals surface area contributed by atoms with Crippen LogP contribution in [-0.2, 0) is 13.1 Å². The molecule has 0 amide bonds. The maximum Gasteiger partial charge on any atom is 0.137 e. The first-order valence-corrected chi connectivity index (χ1v) is 8.91. The summed E-state index contributed by atoms with van der Waals surface area (Å²) >= 11 is 0. The summed E-state index contributed by atoms with van der Waals surface area (Å²) in [5.41, 5.74) is 2.61. The number of piperidine rings is 1. The first-order valence-electron chi connectivity index (χ1n) is 8.91. The van der Waals surface area contributed by atoms with E-state index in [1.165, 1.54) is 24.0 Å². The molecule has 0 saturated carbocycles. The molecular formula is C20H23N5. The summed E-state index contributed by atoms with van der Waals surface area (Å²) in [5, 5.41) is 8.64. The van der Waals surface area contributed by atoms with Gasteiger partial charge >= 0.3 is 0 Å². The van der Waals surface area contributed by atoms with E-state index < -0.39 is 0 Å². The van der Waals surface area contributed by atoms with Gasteiger partial charge in [-0.2, -0.15) is 0 Å². The number of likely N-dealkylation sites (tertiary alicyclic amines) is 1. The number of pyridine rings is 1. The van der Waals surface area contributed by atoms with Crippen molar-refractivity contribution in [3.8, 4) is 0 Å². The molecule has 1 atom stereocenters. The second-order valence-corrected chi connectivity index (χ2v) is 6.73. The van der Waals surface area contributed by atoms with Gasteiger partial charge in [0.25, 0.3) is 0 Å². The van der Waals surface area contributed by atoms with Crippen LogP contribution in [0.2, 0.25) is 0 Å². The Morgan fingerprint density at radius 1 is 0.960 bits per heavy atom. The number of aromatic nitrogens is 4. The Bertz CT molecular complexity index is 784. The molecule has 0 spiro atoms. The van der Waals surface area contributed by atoms with Gasteiger partial charge in [0, 0.05) is 31.4 Å². The zero-order valence-electron chi connectivity index (χ0n) is 14.3. The van der Waals surface area contributed by atoms with E-state index in [0.717, 1.165) is 32.0 Å². The van der Waals surface area contributed by atoms with Gasteiger partial charge in [-0.3, -0.25) is 9.88 Å². The Kier molecular flexibility index (Phi) is 4.84. The van der Waals surface area contributed by atoms with E-state index in [0.29, 0.717) is 5.92 Å². The monoisotopic (exact) mass is 333 g/mol. The highest BCUT2D eigenvalue weighted by Crippen LogP contribution is 2.26. The Labute approximate surface area is 148 Å². The second-order valence-electron chi connectivity index (χ2n) is 6.73. The number of hydrogen-bond donors (Lipinski definition) is 0. The van der Waals surface area contributed by atoms with Crippen LogP contribution in [-0.4, -0.2) is 37.7 Å². The molecule has 5 nitrogen and oxygen atoms in total. The molecule has 5 heteroatoms. The lowest BCUT2D eigenvalue weighted by molar-refractivity contribution is 0.194. The molecule has 0 N–H and O–H groups in total. The summed E-state index contributed by atoms with van der Waals surface area (Å²) in [6.45, 7) is 4.00. The van der Waals surface area contributed by atoms with Gasteiger partial charge in [-0.1, -0.05) is 30.3 Å². The van der Waals surface area contributed by atoms with E-state index in [4.69, 9.17) is 0 Å².